The second-order valence-electron chi connectivity index (χ2n) is 4.38. The lowest BCUT2D eigenvalue weighted by molar-refractivity contribution is -0.143. The maximum Gasteiger partial charge on any atom is 0.322 e. The van der Waals surface area contributed by atoms with Crippen LogP contribution >= 0.6 is 0 Å². The molecule has 0 heterocycles. The molecule has 1 rings (SSSR count). The van der Waals surface area contributed by atoms with Crippen molar-refractivity contribution in [2.24, 2.45) is 5.92 Å². The van der Waals surface area contributed by atoms with Crippen LogP contribution in [0.5, 0.6) is 0 Å². The Kier molecular flexibility index (Phi) is 5.69. The van der Waals surface area contributed by atoms with E-state index in [0.717, 1.165) is 18.9 Å². The van der Waals surface area contributed by atoms with Gasteiger partial charge in [-0.15, -0.1) is 0 Å². The molecule has 1 aliphatic rings. The number of carbonyl (C=O) groups excluding carboxylic acids is 1. The Morgan fingerprint density at radius 2 is 2.13 bits per heavy atom. The highest BCUT2D eigenvalue weighted by Gasteiger charge is 2.18. The maximum atomic E-state index is 11.3. The summed E-state index contributed by atoms with van der Waals surface area (Å²) in [6, 6.07) is -0.114. The van der Waals surface area contributed by atoms with Crippen LogP contribution in [0.15, 0.2) is 0 Å². The molecule has 0 aromatic heterocycles. The van der Waals surface area contributed by atoms with Gasteiger partial charge in [0.1, 0.15) is 6.04 Å². The van der Waals surface area contributed by atoms with Crippen LogP contribution in [0.25, 0.3) is 0 Å². The molecule has 88 valence electrons. The molecule has 1 aliphatic carbocycles. The van der Waals surface area contributed by atoms with Gasteiger partial charge < -0.3 is 10.1 Å². The monoisotopic (exact) mass is 213 g/mol. The predicted molar refractivity (Wildman–Crippen MR) is 60.7 cm³/mol. The van der Waals surface area contributed by atoms with Crippen molar-refractivity contribution in [3.05, 3.63) is 0 Å². The van der Waals surface area contributed by atoms with E-state index in [0.29, 0.717) is 0 Å². The van der Waals surface area contributed by atoms with Crippen LogP contribution in [0.4, 0.5) is 0 Å². The van der Waals surface area contributed by atoms with Gasteiger partial charge in [-0.2, -0.15) is 0 Å². The molecule has 0 aliphatic heterocycles. The predicted octanol–water partition coefficient (Wildman–Crippen LogP) is 2.11. The van der Waals surface area contributed by atoms with E-state index in [4.69, 9.17) is 4.74 Å². The third-order valence-corrected chi connectivity index (χ3v) is 3.31. The topological polar surface area (TPSA) is 38.3 Å². The molecule has 0 aromatic carbocycles. The van der Waals surface area contributed by atoms with Crippen LogP contribution in [0, 0.1) is 5.92 Å². The zero-order valence-electron chi connectivity index (χ0n) is 9.92. The van der Waals surface area contributed by atoms with E-state index >= 15 is 0 Å². The molecule has 0 amide bonds. The van der Waals surface area contributed by atoms with E-state index < -0.39 is 0 Å². The van der Waals surface area contributed by atoms with Crippen LogP contribution in [0.2, 0.25) is 0 Å². The number of hydrogen-bond donors (Lipinski definition) is 1. The smallest absolute Gasteiger partial charge is 0.322 e. The Labute approximate surface area is 92.6 Å². The van der Waals surface area contributed by atoms with Gasteiger partial charge in [0.05, 0.1) is 7.11 Å². The van der Waals surface area contributed by atoms with Crippen molar-refractivity contribution in [2.45, 2.75) is 51.5 Å². The Morgan fingerprint density at radius 1 is 1.47 bits per heavy atom. The number of hydrogen-bond acceptors (Lipinski definition) is 3. The number of methoxy groups -OCH3 is 1. The molecule has 0 aromatic rings. The highest BCUT2D eigenvalue weighted by molar-refractivity contribution is 5.75. The number of nitrogens with one attached hydrogen (secondary N) is 1. The second kappa shape index (κ2) is 6.83. The molecule has 3 nitrogen and oxygen atoms in total. The summed E-state index contributed by atoms with van der Waals surface area (Å²) >= 11 is 0. The quantitative estimate of drug-likeness (QED) is 0.687. The number of rotatable bonds is 6. The van der Waals surface area contributed by atoms with E-state index in [1.807, 2.05) is 6.92 Å². The van der Waals surface area contributed by atoms with Gasteiger partial charge in [-0.25, -0.2) is 0 Å². The Balaban J connectivity index is 2.13. The van der Waals surface area contributed by atoms with Gasteiger partial charge in [-0.3, -0.25) is 4.79 Å². The molecule has 1 atom stereocenters. The first-order valence-corrected chi connectivity index (χ1v) is 6.09. The minimum absolute atomic E-state index is 0.114. The normalized spacial score (nSPS) is 19.1. The molecule has 0 bridgehead atoms. The molecule has 0 radical (unpaired) electrons. The molecular weight excluding hydrogens is 190 g/mol. The van der Waals surface area contributed by atoms with Crippen molar-refractivity contribution in [3.63, 3.8) is 0 Å². The lowest BCUT2D eigenvalue weighted by Crippen LogP contribution is -2.38. The molecule has 1 N–H and O–H groups in total. The fraction of sp³-hybridized carbons (Fsp3) is 0.917. The first kappa shape index (κ1) is 12.5. The fourth-order valence-corrected chi connectivity index (χ4v) is 2.30. The molecule has 1 unspecified atom stereocenters. The molecule has 15 heavy (non-hydrogen) atoms. The van der Waals surface area contributed by atoms with E-state index in [2.05, 4.69) is 5.32 Å². The summed E-state index contributed by atoms with van der Waals surface area (Å²) in [6.07, 6.45) is 7.52. The van der Waals surface area contributed by atoms with Crippen molar-refractivity contribution in [3.8, 4) is 0 Å². The lowest BCUT2D eigenvalue weighted by atomic mass is 10.0. The second-order valence-corrected chi connectivity index (χ2v) is 4.38. The van der Waals surface area contributed by atoms with Gasteiger partial charge in [-0.1, -0.05) is 32.6 Å². The van der Waals surface area contributed by atoms with Gasteiger partial charge >= 0.3 is 5.97 Å². The average Bonchev–Trinajstić information content (AvgIpc) is 2.76. The average molecular weight is 213 g/mol. The lowest BCUT2D eigenvalue weighted by Gasteiger charge is -2.16. The fourth-order valence-electron chi connectivity index (χ4n) is 2.30. The van der Waals surface area contributed by atoms with Crippen LogP contribution in [-0.2, 0) is 9.53 Å². The van der Waals surface area contributed by atoms with Crippen LogP contribution < -0.4 is 5.32 Å². The number of carbonyl (C=O) groups is 1. The Hall–Kier alpha value is -0.570. The zero-order chi connectivity index (χ0) is 11.1. The van der Waals surface area contributed by atoms with Crippen molar-refractivity contribution < 1.29 is 9.53 Å². The summed E-state index contributed by atoms with van der Waals surface area (Å²) < 4.78 is 4.72. The Bertz CT molecular complexity index is 188. The summed E-state index contributed by atoms with van der Waals surface area (Å²) in [7, 11) is 1.45. The first-order valence-electron chi connectivity index (χ1n) is 6.09. The van der Waals surface area contributed by atoms with Crippen LogP contribution in [0.1, 0.15) is 45.4 Å². The van der Waals surface area contributed by atoms with Crippen LogP contribution in [-0.4, -0.2) is 25.7 Å². The van der Waals surface area contributed by atoms with Crippen molar-refractivity contribution >= 4 is 5.97 Å². The van der Waals surface area contributed by atoms with Gasteiger partial charge in [0, 0.05) is 0 Å². The molecule has 0 spiro atoms. The minimum atomic E-state index is -0.135. The van der Waals surface area contributed by atoms with Gasteiger partial charge in [0.15, 0.2) is 0 Å². The van der Waals surface area contributed by atoms with Crippen molar-refractivity contribution in [1.82, 2.24) is 5.32 Å². The summed E-state index contributed by atoms with van der Waals surface area (Å²) in [4.78, 5) is 11.3. The first-order chi connectivity index (χ1) is 7.27. The van der Waals surface area contributed by atoms with Gasteiger partial charge in [0.25, 0.3) is 0 Å². The van der Waals surface area contributed by atoms with E-state index in [1.165, 1.54) is 39.2 Å². The minimum Gasteiger partial charge on any atom is -0.468 e. The third-order valence-electron chi connectivity index (χ3n) is 3.31. The SMILES string of the molecule is CCC(NCCC1CCCC1)C(=O)OC. The van der Waals surface area contributed by atoms with E-state index in [9.17, 15) is 4.79 Å². The molecular formula is C12H23NO2. The van der Waals surface area contributed by atoms with E-state index in [1.54, 1.807) is 0 Å². The van der Waals surface area contributed by atoms with E-state index in [-0.39, 0.29) is 12.0 Å². The van der Waals surface area contributed by atoms with Crippen molar-refractivity contribution in [1.29, 1.82) is 0 Å². The Morgan fingerprint density at radius 3 is 2.67 bits per heavy atom. The van der Waals surface area contributed by atoms with Gasteiger partial charge in [-0.05, 0) is 25.3 Å². The van der Waals surface area contributed by atoms with Gasteiger partial charge in [0.2, 0.25) is 0 Å². The molecule has 3 heteroatoms. The molecule has 1 saturated carbocycles. The summed E-state index contributed by atoms with van der Waals surface area (Å²) in [5.74, 6) is 0.747. The largest absolute Gasteiger partial charge is 0.468 e. The standard InChI is InChI=1S/C12H23NO2/c1-3-11(12(14)15-2)13-9-8-10-6-4-5-7-10/h10-11,13H,3-9H2,1-2H3. The highest BCUT2D eigenvalue weighted by atomic mass is 16.5. The highest BCUT2D eigenvalue weighted by Crippen LogP contribution is 2.26. The summed E-state index contributed by atoms with van der Waals surface area (Å²) in [5.41, 5.74) is 0. The summed E-state index contributed by atoms with van der Waals surface area (Å²) in [6.45, 7) is 2.95. The molecule has 0 saturated heterocycles. The van der Waals surface area contributed by atoms with Crippen LogP contribution in [0.3, 0.4) is 0 Å². The number of esters is 1. The molecule has 1 fully saturated rings. The summed E-state index contributed by atoms with van der Waals surface area (Å²) in [5, 5.41) is 3.27. The zero-order valence-corrected chi connectivity index (χ0v) is 9.92. The third kappa shape index (κ3) is 4.20. The maximum absolute atomic E-state index is 11.3. The van der Waals surface area contributed by atoms with Crippen molar-refractivity contribution in [2.75, 3.05) is 13.7 Å². The number of ether oxygens (including phenoxy) is 1.